The lowest BCUT2D eigenvalue weighted by atomic mass is 10.0. The molecule has 0 radical (unpaired) electrons. The maximum absolute atomic E-state index is 14.1. The van der Waals surface area contributed by atoms with Gasteiger partial charge in [0.05, 0.1) is 0 Å². The zero-order valence-corrected chi connectivity index (χ0v) is 15.9. The van der Waals surface area contributed by atoms with Crippen LogP contribution in [0.3, 0.4) is 0 Å². The number of nitrogens with zero attached hydrogens (tertiary/aromatic N) is 3. The van der Waals surface area contributed by atoms with Crippen molar-refractivity contribution in [3.05, 3.63) is 71.8 Å². The van der Waals surface area contributed by atoms with Gasteiger partial charge in [-0.25, -0.2) is 14.4 Å². The molecular formula is C22H22FN5O. The number of benzene rings is 2. The fraction of sp³-hybridized carbons (Fsp3) is 0.227. The number of rotatable bonds is 5. The van der Waals surface area contributed by atoms with E-state index in [2.05, 4.69) is 38.4 Å². The summed E-state index contributed by atoms with van der Waals surface area (Å²) in [4.78, 5) is 22.7. The molecule has 0 atom stereocenters. The molecule has 0 saturated heterocycles. The molecule has 1 aromatic heterocycles. The van der Waals surface area contributed by atoms with E-state index in [-0.39, 0.29) is 17.4 Å². The molecule has 4 rings (SSSR count). The third-order valence-electron chi connectivity index (χ3n) is 5.04. The first-order valence-electron chi connectivity index (χ1n) is 9.60. The van der Waals surface area contributed by atoms with Crippen LogP contribution in [0, 0.1) is 5.82 Å². The van der Waals surface area contributed by atoms with E-state index in [0.29, 0.717) is 24.2 Å². The normalized spacial score (nSPS) is 13.1. The van der Waals surface area contributed by atoms with E-state index in [1.165, 1.54) is 35.8 Å². The smallest absolute Gasteiger partial charge is 0.251 e. The van der Waals surface area contributed by atoms with Gasteiger partial charge in [0.2, 0.25) is 5.95 Å². The number of halogens is 1. The lowest BCUT2D eigenvalue weighted by Crippen LogP contribution is -2.37. The molecule has 1 aliphatic rings. The zero-order chi connectivity index (χ0) is 20.2. The van der Waals surface area contributed by atoms with Crippen LogP contribution in [0.15, 0.2) is 54.9 Å². The Bertz CT molecular complexity index is 1020. The van der Waals surface area contributed by atoms with E-state index in [1.807, 2.05) is 6.07 Å². The average Bonchev–Trinajstić information content (AvgIpc) is 2.74. The van der Waals surface area contributed by atoms with Crippen molar-refractivity contribution in [2.24, 2.45) is 0 Å². The molecule has 3 N–H and O–H groups in total. The van der Waals surface area contributed by atoms with Crippen LogP contribution in [-0.2, 0) is 6.42 Å². The van der Waals surface area contributed by atoms with Gasteiger partial charge in [-0.05, 0) is 48.2 Å². The van der Waals surface area contributed by atoms with E-state index in [0.717, 1.165) is 19.4 Å². The Labute approximate surface area is 168 Å². The summed E-state index contributed by atoms with van der Waals surface area (Å²) in [7, 11) is 0. The molecule has 0 spiro atoms. The first kappa shape index (κ1) is 18.9. The van der Waals surface area contributed by atoms with Gasteiger partial charge in [0.25, 0.3) is 5.91 Å². The quantitative estimate of drug-likeness (QED) is 0.698. The summed E-state index contributed by atoms with van der Waals surface area (Å²) in [5, 5.41) is 2.89. The number of amides is 1. The number of anilines is 2. The predicted octanol–water partition coefficient (Wildman–Crippen LogP) is 3.05. The molecule has 0 bridgehead atoms. The maximum atomic E-state index is 14.1. The van der Waals surface area contributed by atoms with Crippen molar-refractivity contribution >= 4 is 17.5 Å². The Kier molecular flexibility index (Phi) is 5.37. The highest BCUT2D eigenvalue weighted by Gasteiger charge is 2.16. The van der Waals surface area contributed by atoms with Crippen molar-refractivity contribution in [3.8, 4) is 11.1 Å². The molecule has 3 aromatic rings. The molecule has 2 aromatic carbocycles. The highest BCUT2D eigenvalue weighted by atomic mass is 19.1. The highest BCUT2D eigenvalue weighted by Crippen LogP contribution is 2.26. The lowest BCUT2D eigenvalue weighted by Gasteiger charge is -2.31. The molecule has 0 unspecified atom stereocenters. The van der Waals surface area contributed by atoms with E-state index in [1.54, 1.807) is 6.07 Å². The number of hydrogen-bond donors (Lipinski definition) is 2. The number of aryl methyl sites for hydroxylation is 1. The summed E-state index contributed by atoms with van der Waals surface area (Å²) < 4.78 is 14.1. The molecule has 1 amide bonds. The van der Waals surface area contributed by atoms with E-state index in [4.69, 9.17) is 5.73 Å². The molecule has 2 heterocycles. The Balaban J connectivity index is 1.42. The molecule has 29 heavy (non-hydrogen) atoms. The van der Waals surface area contributed by atoms with Crippen LogP contribution in [0.2, 0.25) is 0 Å². The van der Waals surface area contributed by atoms with Crippen molar-refractivity contribution in [2.75, 3.05) is 30.3 Å². The number of aromatic nitrogens is 2. The molecule has 0 saturated carbocycles. The Hall–Kier alpha value is -3.48. The number of carbonyl (C=O) groups excluding carboxylic acids is 1. The third kappa shape index (κ3) is 4.34. The van der Waals surface area contributed by atoms with Gasteiger partial charge in [0.1, 0.15) is 5.82 Å². The first-order valence-corrected chi connectivity index (χ1v) is 9.60. The van der Waals surface area contributed by atoms with Gasteiger partial charge in [-0.15, -0.1) is 0 Å². The number of carbonyl (C=O) groups is 1. The highest BCUT2D eigenvalue weighted by molar-refractivity contribution is 5.95. The summed E-state index contributed by atoms with van der Waals surface area (Å²) >= 11 is 0. The monoisotopic (exact) mass is 391 g/mol. The van der Waals surface area contributed by atoms with Crippen LogP contribution in [0.25, 0.3) is 11.1 Å². The SMILES string of the molecule is Nc1ncc(-c2cc(F)cc(C(=O)NCCN3CCCc4ccccc43)c2)cn1. The molecule has 6 nitrogen and oxygen atoms in total. The lowest BCUT2D eigenvalue weighted by molar-refractivity contribution is 0.0954. The molecule has 0 aliphatic carbocycles. The molecule has 0 fully saturated rings. The first-order chi connectivity index (χ1) is 14.1. The fourth-order valence-corrected chi connectivity index (χ4v) is 3.62. The van der Waals surface area contributed by atoms with Crippen molar-refractivity contribution in [1.29, 1.82) is 0 Å². The topological polar surface area (TPSA) is 84.1 Å². The Morgan fingerprint density at radius 2 is 1.93 bits per heavy atom. The number of nitrogens with two attached hydrogens (primary N) is 1. The summed E-state index contributed by atoms with van der Waals surface area (Å²) in [5.74, 6) is -0.663. The number of para-hydroxylation sites is 1. The van der Waals surface area contributed by atoms with Gasteiger partial charge in [0, 0.05) is 48.8 Å². The van der Waals surface area contributed by atoms with Crippen molar-refractivity contribution < 1.29 is 9.18 Å². The minimum absolute atomic E-state index is 0.141. The van der Waals surface area contributed by atoms with Crippen molar-refractivity contribution in [2.45, 2.75) is 12.8 Å². The average molecular weight is 391 g/mol. The maximum Gasteiger partial charge on any atom is 0.251 e. The van der Waals surface area contributed by atoms with Crippen molar-refractivity contribution in [3.63, 3.8) is 0 Å². The molecule has 148 valence electrons. The van der Waals surface area contributed by atoms with Crippen LogP contribution >= 0.6 is 0 Å². The minimum Gasteiger partial charge on any atom is -0.370 e. The second-order valence-electron chi connectivity index (χ2n) is 7.03. The van der Waals surface area contributed by atoms with Gasteiger partial charge >= 0.3 is 0 Å². The van der Waals surface area contributed by atoms with Crippen LogP contribution in [-0.4, -0.2) is 35.5 Å². The summed E-state index contributed by atoms with van der Waals surface area (Å²) in [6.45, 7) is 2.15. The van der Waals surface area contributed by atoms with E-state index in [9.17, 15) is 9.18 Å². The van der Waals surface area contributed by atoms with E-state index >= 15 is 0 Å². The van der Waals surface area contributed by atoms with Gasteiger partial charge in [-0.2, -0.15) is 0 Å². The zero-order valence-electron chi connectivity index (χ0n) is 15.9. The van der Waals surface area contributed by atoms with Crippen LogP contribution < -0.4 is 16.0 Å². The third-order valence-corrected chi connectivity index (χ3v) is 5.04. The van der Waals surface area contributed by atoms with Gasteiger partial charge in [-0.1, -0.05) is 18.2 Å². The van der Waals surface area contributed by atoms with Gasteiger partial charge in [0.15, 0.2) is 0 Å². The second-order valence-corrected chi connectivity index (χ2v) is 7.03. The fourth-order valence-electron chi connectivity index (χ4n) is 3.62. The van der Waals surface area contributed by atoms with Crippen LogP contribution in [0.4, 0.5) is 16.0 Å². The minimum atomic E-state index is -0.491. The van der Waals surface area contributed by atoms with Crippen LogP contribution in [0.5, 0.6) is 0 Å². The van der Waals surface area contributed by atoms with Crippen LogP contribution in [0.1, 0.15) is 22.3 Å². The summed E-state index contributed by atoms with van der Waals surface area (Å²) in [5.41, 5.74) is 9.44. The molecular weight excluding hydrogens is 369 g/mol. The number of fused-ring (bicyclic) bond motifs is 1. The molecule has 1 aliphatic heterocycles. The van der Waals surface area contributed by atoms with Gasteiger partial charge in [-0.3, -0.25) is 4.79 Å². The summed E-state index contributed by atoms with van der Waals surface area (Å²) in [6.07, 6.45) is 5.20. The van der Waals surface area contributed by atoms with Crippen molar-refractivity contribution in [1.82, 2.24) is 15.3 Å². The summed E-state index contributed by atoms with van der Waals surface area (Å²) in [6, 6.07) is 12.6. The standard InChI is InChI=1S/C22H22FN5O/c23-19-11-16(18-13-26-22(24)27-14-18)10-17(12-19)21(29)25-7-9-28-8-3-5-15-4-1-2-6-20(15)28/h1-2,4,6,10-14H,3,5,7-9H2,(H,25,29)(H2,24,26,27). The Morgan fingerprint density at radius 3 is 2.76 bits per heavy atom. The van der Waals surface area contributed by atoms with Gasteiger partial charge < -0.3 is 16.0 Å². The second kappa shape index (κ2) is 8.26. The largest absolute Gasteiger partial charge is 0.370 e. The predicted molar refractivity (Wildman–Crippen MR) is 111 cm³/mol. The Morgan fingerprint density at radius 1 is 1.14 bits per heavy atom. The number of hydrogen-bond acceptors (Lipinski definition) is 5. The van der Waals surface area contributed by atoms with E-state index < -0.39 is 5.82 Å². The number of nitrogens with one attached hydrogen (secondary N) is 1. The number of nitrogen functional groups attached to an aromatic ring is 1. The molecule has 7 heteroatoms.